The summed E-state index contributed by atoms with van der Waals surface area (Å²) in [5.74, 6) is 0.528. The van der Waals surface area contributed by atoms with Crippen LogP contribution in [-0.4, -0.2) is 43.2 Å². The van der Waals surface area contributed by atoms with E-state index in [-0.39, 0.29) is 24.0 Å². The van der Waals surface area contributed by atoms with Gasteiger partial charge in [0.05, 0.1) is 18.9 Å². The fraction of sp³-hybridized carbons (Fsp3) is 0.529. The van der Waals surface area contributed by atoms with Crippen molar-refractivity contribution in [2.45, 2.75) is 32.8 Å². The molecular weight excluding hydrogens is 296 g/mol. The molecule has 0 aliphatic carbocycles. The Bertz CT molecular complexity index is 551. The number of rotatable bonds is 4. The lowest BCUT2D eigenvalue weighted by Crippen LogP contribution is -2.41. The number of carbonyl (C=O) groups is 2. The van der Waals surface area contributed by atoms with E-state index in [9.17, 15) is 9.59 Å². The van der Waals surface area contributed by atoms with E-state index in [2.05, 4.69) is 5.32 Å². The van der Waals surface area contributed by atoms with E-state index in [0.29, 0.717) is 37.4 Å². The van der Waals surface area contributed by atoms with Crippen LogP contribution in [0, 0.1) is 5.92 Å². The molecule has 0 aromatic heterocycles. The first-order valence-electron chi connectivity index (χ1n) is 7.90. The van der Waals surface area contributed by atoms with Gasteiger partial charge in [0.25, 0.3) is 0 Å². The third kappa shape index (κ3) is 4.61. The van der Waals surface area contributed by atoms with Crippen LogP contribution in [-0.2, 0) is 9.53 Å². The molecule has 0 spiro atoms. The second kappa shape index (κ2) is 7.85. The van der Waals surface area contributed by atoms with E-state index >= 15 is 0 Å². The molecule has 1 aromatic rings. The normalized spacial score (nSPS) is 15.4. The van der Waals surface area contributed by atoms with Crippen LogP contribution in [0.2, 0.25) is 0 Å². The number of anilines is 1. The molecule has 23 heavy (non-hydrogen) atoms. The Kier molecular flexibility index (Phi) is 5.84. The van der Waals surface area contributed by atoms with E-state index in [0.717, 1.165) is 0 Å². The summed E-state index contributed by atoms with van der Waals surface area (Å²) in [5.41, 5.74) is 0.682. The van der Waals surface area contributed by atoms with Crippen molar-refractivity contribution >= 4 is 17.7 Å². The molecule has 1 fully saturated rings. The number of hydrogen-bond acceptors (Lipinski definition) is 4. The van der Waals surface area contributed by atoms with E-state index < -0.39 is 0 Å². The average Bonchev–Trinajstić information content (AvgIpc) is 2.55. The first-order valence-corrected chi connectivity index (χ1v) is 7.90. The summed E-state index contributed by atoms with van der Waals surface area (Å²) < 4.78 is 10.4. The van der Waals surface area contributed by atoms with Gasteiger partial charge in [-0.05, 0) is 38.8 Å². The number of ether oxygens (including phenoxy) is 2. The minimum atomic E-state index is -0.334. The Morgan fingerprint density at radius 1 is 1.22 bits per heavy atom. The predicted octanol–water partition coefficient (Wildman–Crippen LogP) is 2.89. The number of amides is 2. The zero-order valence-electron chi connectivity index (χ0n) is 13.9. The van der Waals surface area contributed by atoms with Gasteiger partial charge in [-0.15, -0.1) is 0 Å². The van der Waals surface area contributed by atoms with Gasteiger partial charge in [0.2, 0.25) is 5.91 Å². The zero-order valence-corrected chi connectivity index (χ0v) is 13.9. The summed E-state index contributed by atoms with van der Waals surface area (Å²) in [6, 6.07) is 7.42. The highest BCUT2D eigenvalue weighted by Crippen LogP contribution is 2.27. The van der Waals surface area contributed by atoms with Gasteiger partial charge in [0, 0.05) is 19.0 Å². The lowest BCUT2D eigenvalue weighted by Gasteiger charge is -2.30. The molecule has 1 aliphatic heterocycles. The molecule has 2 amide bonds. The Balaban J connectivity index is 1.94. The van der Waals surface area contributed by atoms with Crippen molar-refractivity contribution in [3.05, 3.63) is 24.3 Å². The van der Waals surface area contributed by atoms with Crippen molar-refractivity contribution in [2.24, 2.45) is 5.92 Å². The Hall–Kier alpha value is -2.24. The standard InChI is InChI=1S/C17H24N2O4/c1-12(2)23-15-7-5-4-6-14(15)18-16(20)13-8-10-19(11-9-13)17(21)22-3/h4-7,12-13H,8-11H2,1-3H3,(H,18,20). The molecule has 0 bridgehead atoms. The van der Waals surface area contributed by atoms with Crippen molar-refractivity contribution in [1.82, 2.24) is 4.90 Å². The SMILES string of the molecule is COC(=O)N1CCC(C(=O)Nc2ccccc2OC(C)C)CC1. The van der Waals surface area contributed by atoms with Gasteiger partial charge in [-0.1, -0.05) is 12.1 Å². The fourth-order valence-electron chi connectivity index (χ4n) is 2.61. The molecule has 0 saturated carbocycles. The molecule has 1 aliphatic rings. The molecule has 0 unspecified atom stereocenters. The maximum absolute atomic E-state index is 12.5. The van der Waals surface area contributed by atoms with Crippen LogP contribution >= 0.6 is 0 Å². The highest BCUT2D eigenvalue weighted by molar-refractivity contribution is 5.94. The number of hydrogen-bond donors (Lipinski definition) is 1. The Morgan fingerprint density at radius 2 is 1.87 bits per heavy atom. The lowest BCUT2D eigenvalue weighted by molar-refractivity contribution is -0.121. The van der Waals surface area contributed by atoms with E-state index in [1.165, 1.54) is 7.11 Å². The quantitative estimate of drug-likeness (QED) is 0.926. The Morgan fingerprint density at radius 3 is 2.48 bits per heavy atom. The molecule has 0 radical (unpaired) electrons. The summed E-state index contributed by atoms with van der Waals surface area (Å²) in [7, 11) is 1.37. The third-order valence-electron chi connectivity index (χ3n) is 3.81. The number of carbonyl (C=O) groups excluding carboxylic acids is 2. The Labute approximate surface area is 136 Å². The van der Waals surface area contributed by atoms with Crippen LogP contribution in [0.4, 0.5) is 10.5 Å². The molecule has 126 valence electrons. The molecule has 0 atom stereocenters. The zero-order chi connectivity index (χ0) is 16.8. The van der Waals surface area contributed by atoms with Crippen LogP contribution in [0.15, 0.2) is 24.3 Å². The van der Waals surface area contributed by atoms with Gasteiger partial charge in [0.1, 0.15) is 5.75 Å². The van der Waals surface area contributed by atoms with Crippen molar-refractivity contribution in [2.75, 3.05) is 25.5 Å². The number of likely N-dealkylation sites (tertiary alicyclic amines) is 1. The van der Waals surface area contributed by atoms with Crippen molar-refractivity contribution in [1.29, 1.82) is 0 Å². The lowest BCUT2D eigenvalue weighted by atomic mass is 9.96. The highest BCUT2D eigenvalue weighted by atomic mass is 16.5. The smallest absolute Gasteiger partial charge is 0.409 e. The van der Waals surface area contributed by atoms with Crippen LogP contribution in [0.5, 0.6) is 5.75 Å². The number of benzene rings is 1. The molecule has 1 heterocycles. The van der Waals surface area contributed by atoms with E-state index in [1.54, 1.807) is 4.90 Å². The second-order valence-corrected chi connectivity index (χ2v) is 5.88. The number of para-hydroxylation sites is 2. The molecular formula is C17H24N2O4. The summed E-state index contributed by atoms with van der Waals surface area (Å²) in [6.45, 7) is 4.96. The first-order chi connectivity index (χ1) is 11.0. The summed E-state index contributed by atoms with van der Waals surface area (Å²) >= 11 is 0. The van der Waals surface area contributed by atoms with Crippen LogP contribution < -0.4 is 10.1 Å². The van der Waals surface area contributed by atoms with Gasteiger partial charge in [0.15, 0.2) is 0 Å². The van der Waals surface area contributed by atoms with Gasteiger partial charge in [-0.3, -0.25) is 4.79 Å². The molecule has 1 N–H and O–H groups in total. The molecule has 6 nitrogen and oxygen atoms in total. The fourth-order valence-corrected chi connectivity index (χ4v) is 2.61. The van der Waals surface area contributed by atoms with Crippen molar-refractivity contribution in [3.63, 3.8) is 0 Å². The average molecular weight is 320 g/mol. The molecule has 6 heteroatoms. The van der Waals surface area contributed by atoms with Crippen LogP contribution in [0.1, 0.15) is 26.7 Å². The van der Waals surface area contributed by atoms with Gasteiger partial charge >= 0.3 is 6.09 Å². The summed E-state index contributed by atoms with van der Waals surface area (Å²) in [6.07, 6.45) is 0.971. The third-order valence-corrected chi connectivity index (χ3v) is 3.81. The maximum atomic E-state index is 12.5. The molecule has 1 aromatic carbocycles. The first kappa shape index (κ1) is 17.1. The number of piperidine rings is 1. The monoisotopic (exact) mass is 320 g/mol. The van der Waals surface area contributed by atoms with Crippen molar-refractivity contribution < 1.29 is 19.1 Å². The maximum Gasteiger partial charge on any atom is 0.409 e. The van der Waals surface area contributed by atoms with Crippen LogP contribution in [0.25, 0.3) is 0 Å². The van der Waals surface area contributed by atoms with E-state index in [1.807, 2.05) is 38.1 Å². The van der Waals surface area contributed by atoms with Gasteiger partial charge in [-0.25, -0.2) is 4.79 Å². The summed E-state index contributed by atoms with van der Waals surface area (Å²) in [5, 5.41) is 2.95. The number of nitrogens with one attached hydrogen (secondary N) is 1. The molecule has 1 saturated heterocycles. The summed E-state index contributed by atoms with van der Waals surface area (Å²) in [4.78, 5) is 25.5. The second-order valence-electron chi connectivity index (χ2n) is 5.88. The van der Waals surface area contributed by atoms with Gasteiger partial charge < -0.3 is 19.7 Å². The predicted molar refractivity (Wildman–Crippen MR) is 87.5 cm³/mol. The highest BCUT2D eigenvalue weighted by Gasteiger charge is 2.28. The minimum Gasteiger partial charge on any atom is -0.489 e. The topological polar surface area (TPSA) is 67.9 Å². The van der Waals surface area contributed by atoms with Gasteiger partial charge in [-0.2, -0.15) is 0 Å². The number of methoxy groups -OCH3 is 1. The van der Waals surface area contributed by atoms with Crippen molar-refractivity contribution in [3.8, 4) is 5.75 Å². The minimum absolute atomic E-state index is 0.0330. The van der Waals surface area contributed by atoms with Crippen LogP contribution in [0.3, 0.4) is 0 Å². The number of nitrogens with zero attached hydrogens (tertiary/aromatic N) is 1. The molecule has 2 rings (SSSR count). The largest absolute Gasteiger partial charge is 0.489 e. The van der Waals surface area contributed by atoms with E-state index in [4.69, 9.17) is 9.47 Å².